The van der Waals surface area contributed by atoms with Gasteiger partial charge in [0, 0.05) is 25.2 Å². The number of anilines is 1. The molecule has 10 heteroatoms. The number of benzene rings is 2. The van der Waals surface area contributed by atoms with Crippen molar-refractivity contribution in [3.05, 3.63) is 59.7 Å². The Morgan fingerprint density at radius 2 is 1.83 bits per heavy atom. The molecule has 2 aliphatic heterocycles. The van der Waals surface area contributed by atoms with E-state index in [9.17, 15) is 17.6 Å². The largest absolute Gasteiger partial charge is 0.325 e. The van der Waals surface area contributed by atoms with Gasteiger partial charge in [-0.15, -0.1) is 10.2 Å². The SMILES string of the molecule is Cc1ccc(S(=O)(=O)N2CCC[C@H]2C(=O)Nc2ccc(F)c(-c3nnc4n3CCCCC4)c2)cc1. The third-order valence-electron chi connectivity index (χ3n) is 6.72. The fraction of sp³-hybridized carbons (Fsp3) is 0.400. The minimum atomic E-state index is -3.82. The van der Waals surface area contributed by atoms with Crippen molar-refractivity contribution in [1.29, 1.82) is 0 Å². The highest BCUT2D eigenvalue weighted by Crippen LogP contribution is 2.30. The van der Waals surface area contributed by atoms with E-state index in [0.29, 0.717) is 24.4 Å². The molecule has 0 bridgehead atoms. The number of nitrogens with one attached hydrogen (secondary N) is 1. The van der Waals surface area contributed by atoms with Crippen LogP contribution in [0, 0.1) is 12.7 Å². The number of rotatable bonds is 5. The molecular formula is C25H28FN5O3S. The lowest BCUT2D eigenvalue weighted by Gasteiger charge is -2.23. The van der Waals surface area contributed by atoms with Crippen LogP contribution < -0.4 is 5.32 Å². The van der Waals surface area contributed by atoms with Gasteiger partial charge in [-0.1, -0.05) is 24.1 Å². The number of halogens is 1. The lowest BCUT2D eigenvalue weighted by molar-refractivity contribution is -0.119. The first kappa shape index (κ1) is 23.6. The maximum absolute atomic E-state index is 14.8. The van der Waals surface area contributed by atoms with Crippen LogP contribution in [-0.2, 0) is 27.8 Å². The first-order valence-corrected chi connectivity index (χ1v) is 13.4. The van der Waals surface area contributed by atoms with Crippen LogP contribution in [0.5, 0.6) is 0 Å². The Hall–Kier alpha value is -3.11. The van der Waals surface area contributed by atoms with Crippen LogP contribution in [-0.4, -0.2) is 46.0 Å². The molecule has 1 saturated heterocycles. The van der Waals surface area contributed by atoms with Gasteiger partial charge in [0.1, 0.15) is 17.7 Å². The summed E-state index contributed by atoms with van der Waals surface area (Å²) in [5.74, 6) is 0.400. The van der Waals surface area contributed by atoms with E-state index in [-0.39, 0.29) is 17.0 Å². The highest BCUT2D eigenvalue weighted by molar-refractivity contribution is 7.89. The molecule has 1 amide bonds. The third kappa shape index (κ3) is 4.60. The molecule has 2 aromatic carbocycles. The molecule has 0 radical (unpaired) electrons. The minimum Gasteiger partial charge on any atom is -0.325 e. The van der Waals surface area contributed by atoms with Gasteiger partial charge in [0.25, 0.3) is 0 Å². The lowest BCUT2D eigenvalue weighted by Crippen LogP contribution is -2.43. The van der Waals surface area contributed by atoms with Crippen LogP contribution in [0.3, 0.4) is 0 Å². The average molecular weight is 498 g/mol. The normalized spacial score (nSPS) is 18.7. The quantitative estimate of drug-likeness (QED) is 0.577. The van der Waals surface area contributed by atoms with Gasteiger partial charge in [-0.2, -0.15) is 4.31 Å². The minimum absolute atomic E-state index is 0.166. The molecule has 35 heavy (non-hydrogen) atoms. The summed E-state index contributed by atoms with van der Waals surface area (Å²) >= 11 is 0. The molecule has 1 aromatic heterocycles. The molecule has 5 rings (SSSR count). The molecule has 8 nitrogen and oxygen atoms in total. The van der Waals surface area contributed by atoms with E-state index in [0.717, 1.165) is 43.6 Å². The number of carbonyl (C=O) groups excluding carboxylic acids is 1. The fourth-order valence-corrected chi connectivity index (χ4v) is 6.48. The topological polar surface area (TPSA) is 97.2 Å². The number of hydrogen-bond acceptors (Lipinski definition) is 5. The van der Waals surface area contributed by atoms with E-state index in [1.807, 2.05) is 11.5 Å². The van der Waals surface area contributed by atoms with Gasteiger partial charge in [0.05, 0.1) is 10.5 Å². The first-order valence-electron chi connectivity index (χ1n) is 12.0. The van der Waals surface area contributed by atoms with Gasteiger partial charge in [0.2, 0.25) is 15.9 Å². The fourth-order valence-electron chi connectivity index (χ4n) is 4.82. The zero-order valence-corrected chi connectivity index (χ0v) is 20.4. The molecule has 0 spiro atoms. The van der Waals surface area contributed by atoms with Crippen LogP contribution in [0.2, 0.25) is 0 Å². The summed E-state index contributed by atoms with van der Waals surface area (Å²) in [7, 11) is -3.82. The van der Waals surface area contributed by atoms with Gasteiger partial charge in [-0.05, 0) is 62.9 Å². The Kier molecular flexibility index (Phi) is 6.41. The number of aryl methyl sites for hydroxylation is 2. The van der Waals surface area contributed by atoms with Crippen molar-refractivity contribution in [1.82, 2.24) is 19.1 Å². The van der Waals surface area contributed by atoms with Crippen LogP contribution in [0.4, 0.5) is 10.1 Å². The van der Waals surface area contributed by atoms with Gasteiger partial charge < -0.3 is 9.88 Å². The number of amides is 1. The maximum Gasteiger partial charge on any atom is 0.243 e. The maximum atomic E-state index is 14.8. The van der Waals surface area contributed by atoms with Crippen molar-refractivity contribution in [3.8, 4) is 11.4 Å². The summed E-state index contributed by atoms with van der Waals surface area (Å²) in [6.45, 7) is 2.88. The van der Waals surface area contributed by atoms with E-state index in [2.05, 4.69) is 15.5 Å². The van der Waals surface area contributed by atoms with Crippen molar-refractivity contribution >= 4 is 21.6 Å². The first-order chi connectivity index (χ1) is 16.8. The molecule has 3 heterocycles. The molecular weight excluding hydrogens is 469 g/mol. The van der Waals surface area contributed by atoms with Gasteiger partial charge in [-0.3, -0.25) is 4.79 Å². The van der Waals surface area contributed by atoms with Gasteiger partial charge >= 0.3 is 0 Å². The predicted molar refractivity (Wildman–Crippen MR) is 130 cm³/mol. The Morgan fingerprint density at radius 1 is 1.03 bits per heavy atom. The molecule has 0 saturated carbocycles. The van der Waals surface area contributed by atoms with Gasteiger partial charge in [0.15, 0.2) is 5.82 Å². The van der Waals surface area contributed by atoms with Crippen molar-refractivity contribution < 1.29 is 17.6 Å². The smallest absolute Gasteiger partial charge is 0.243 e. The highest BCUT2D eigenvalue weighted by Gasteiger charge is 2.39. The third-order valence-corrected chi connectivity index (χ3v) is 8.64. The lowest BCUT2D eigenvalue weighted by atomic mass is 10.1. The van der Waals surface area contributed by atoms with E-state index >= 15 is 0 Å². The van der Waals surface area contributed by atoms with Crippen molar-refractivity contribution in [2.24, 2.45) is 0 Å². The summed E-state index contributed by atoms with van der Waals surface area (Å²) < 4.78 is 44.4. The van der Waals surface area contributed by atoms with Crippen LogP contribution in [0.25, 0.3) is 11.4 Å². The predicted octanol–water partition coefficient (Wildman–Crippen LogP) is 3.91. The van der Waals surface area contributed by atoms with E-state index in [1.54, 1.807) is 30.3 Å². The summed E-state index contributed by atoms with van der Waals surface area (Å²) in [5, 5.41) is 11.3. The number of sulfonamides is 1. The molecule has 0 aliphatic carbocycles. The van der Waals surface area contributed by atoms with Gasteiger partial charge in [-0.25, -0.2) is 12.8 Å². The summed E-state index contributed by atoms with van der Waals surface area (Å²) in [5.41, 5.74) is 1.60. The summed E-state index contributed by atoms with van der Waals surface area (Å²) in [4.78, 5) is 13.3. The second-order valence-electron chi connectivity index (χ2n) is 9.17. The Morgan fingerprint density at radius 3 is 2.63 bits per heavy atom. The van der Waals surface area contributed by atoms with E-state index in [1.165, 1.54) is 16.4 Å². The summed E-state index contributed by atoms with van der Waals surface area (Å²) in [6.07, 6.45) is 4.90. The monoisotopic (exact) mass is 497 g/mol. The number of hydrogen-bond donors (Lipinski definition) is 1. The number of carbonyl (C=O) groups is 1. The number of fused-ring (bicyclic) bond motifs is 1. The van der Waals surface area contributed by atoms with Crippen molar-refractivity contribution in [2.45, 2.75) is 62.9 Å². The molecule has 1 N–H and O–H groups in total. The Bertz CT molecular complexity index is 1350. The molecule has 184 valence electrons. The summed E-state index contributed by atoms with van der Waals surface area (Å²) in [6, 6.07) is 10.1. The molecule has 2 aliphatic rings. The molecule has 3 aromatic rings. The van der Waals surface area contributed by atoms with Crippen molar-refractivity contribution in [3.63, 3.8) is 0 Å². The number of nitrogens with zero attached hydrogens (tertiary/aromatic N) is 4. The zero-order chi connectivity index (χ0) is 24.6. The molecule has 1 fully saturated rings. The second-order valence-corrected chi connectivity index (χ2v) is 11.1. The molecule has 0 unspecified atom stereocenters. The number of aromatic nitrogens is 3. The zero-order valence-electron chi connectivity index (χ0n) is 19.6. The Labute approximate surface area is 204 Å². The Balaban J connectivity index is 1.38. The standard InChI is InChI=1S/C25H28FN5O3S/c1-17-8-11-19(12-9-17)35(33,34)31-15-5-6-22(31)25(32)27-18-10-13-21(26)20(16-18)24-29-28-23-7-3-2-4-14-30(23)24/h8-13,16,22H,2-7,14-15H2,1H3,(H,27,32)/t22-/m0/s1. The van der Waals surface area contributed by atoms with E-state index < -0.39 is 27.8 Å². The second kappa shape index (κ2) is 9.50. The van der Waals surface area contributed by atoms with Crippen LogP contribution in [0.1, 0.15) is 43.5 Å². The average Bonchev–Trinajstić information content (AvgIpc) is 3.43. The van der Waals surface area contributed by atoms with Crippen molar-refractivity contribution in [2.75, 3.05) is 11.9 Å². The van der Waals surface area contributed by atoms with Crippen LogP contribution >= 0.6 is 0 Å². The molecule has 1 atom stereocenters. The van der Waals surface area contributed by atoms with E-state index in [4.69, 9.17) is 0 Å². The van der Waals surface area contributed by atoms with Crippen LogP contribution in [0.15, 0.2) is 47.4 Å². The highest BCUT2D eigenvalue weighted by atomic mass is 32.2.